The molecular weight excluding hydrogens is 459 g/mol. The van der Waals surface area contributed by atoms with Gasteiger partial charge in [0.05, 0.1) is 55.1 Å². The van der Waals surface area contributed by atoms with E-state index in [0.717, 1.165) is 68.7 Å². The second-order valence-electron chi connectivity index (χ2n) is 10.9. The van der Waals surface area contributed by atoms with Gasteiger partial charge in [0.1, 0.15) is 11.6 Å². The van der Waals surface area contributed by atoms with Crippen molar-refractivity contribution < 1.29 is 18.7 Å². The van der Waals surface area contributed by atoms with E-state index in [-0.39, 0.29) is 30.1 Å². The summed E-state index contributed by atoms with van der Waals surface area (Å²) in [7, 11) is 0. The van der Waals surface area contributed by atoms with Gasteiger partial charge in [-0.1, -0.05) is 0 Å². The van der Waals surface area contributed by atoms with E-state index in [1.807, 2.05) is 11.0 Å². The second-order valence-corrected chi connectivity index (χ2v) is 10.9. The molecule has 0 radical (unpaired) electrons. The van der Waals surface area contributed by atoms with Gasteiger partial charge in [0.25, 0.3) is 0 Å². The zero-order chi connectivity index (χ0) is 24.8. The predicted molar refractivity (Wildman–Crippen MR) is 137 cm³/mol. The van der Waals surface area contributed by atoms with Crippen LogP contribution in [-0.2, 0) is 20.8 Å². The van der Waals surface area contributed by atoms with Gasteiger partial charge < -0.3 is 24.6 Å². The first-order valence-corrected chi connectivity index (χ1v) is 13.3. The number of benzene rings is 1. The Hall–Kier alpha value is -2.71. The highest BCUT2D eigenvalue weighted by atomic mass is 19.1. The van der Waals surface area contributed by atoms with Crippen molar-refractivity contribution in [2.24, 2.45) is 5.92 Å². The molecule has 1 aromatic carbocycles. The molecule has 2 atom stereocenters. The van der Waals surface area contributed by atoms with E-state index < -0.39 is 5.82 Å². The van der Waals surface area contributed by atoms with Crippen molar-refractivity contribution in [3.63, 3.8) is 0 Å². The number of pyridine rings is 1. The molecule has 1 aliphatic carbocycles. The van der Waals surface area contributed by atoms with Crippen molar-refractivity contribution in [3.05, 3.63) is 41.8 Å². The summed E-state index contributed by atoms with van der Waals surface area (Å²) in [5.41, 5.74) is 3.44. The molecule has 1 saturated carbocycles. The van der Waals surface area contributed by atoms with Crippen LogP contribution in [0.5, 0.6) is 0 Å². The summed E-state index contributed by atoms with van der Waals surface area (Å²) < 4.78 is 26.1. The number of morpholine rings is 1. The fourth-order valence-electron chi connectivity index (χ4n) is 6.24. The number of piperidine rings is 1. The van der Waals surface area contributed by atoms with Gasteiger partial charge in [-0.2, -0.15) is 0 Å². The molecule has 1 amide bonds. The molecule has 2 unspecified atom stereocenters. The summed E-state index contributed by atoms with van der Waals surface area (Å²) in [5.74, 6) is 0.222. The number of fused-ring (bicyclic) bond motifs is 5. The van der Waals surface area contributed by atoms with Gasteiger partial charge in [-0.15, -0.1) is 0 Å². The van der Waals surface area contributed by atoms with Crippen LogP contribution in [0.2, 0.25) is 0 Å². The van der Waals surface area contributed by atoms with Crippen LogP contribution in [0.25, 0.3) is 0 Å². The first-order valence-electron chi connectivity index (χ1n) is 13.3. The minimum atomic E-state index is -0.398. The number of carbonyl (C=O) groups is 1. The monoisotopic (exact) mass is 494 g/mol. The van der Waals surface area contributed by atoms with Crippen LogP contribution in [0, 0.1) is 11.7 Å². The molecule has 1 aromatic heterocycles. The van der Waals surface area contributed by atoms with Crippen molar-refractivity contribution >= 4 is 28.8 Å². The maximum atomic E-state index is 14.2. The fourth-order valence-corrected chi connectivity index (χ4v) is 6.24. The minimum absolute atomic E-state index is 0.0732. The van der Waals surface area contributed by atoms with E-state index in [1.54, 1.807) is 0 Å². The lowest BCUT2D eigenvalue weighted by Crippen LogP contribution is -2.54. The summed E-state index contributed by atoms with van der Waals surface area (Å²) in [6, 6.07) is 8.10. The Morgan fingerprint density at radius 1 is 1.17 bits per heavy atom. The number of anilines is 4. The van der Waals surface area contributed by atoms with E-state index in [9.17, 15) is 9.18 Å². The Morgan fingerprint density at radius 3 is 2.69 bits per heavy atom. The second kappa shape index (κ2) is 9.63. The Balaban J connectivity index is 1.32. The van der Waals surface area contributed by atoms with Crippen LogP contribution in [-0.4, -0.2) is 48.4 Å². The van der Waals surface area contributed by atoms with Gasteiger partial charge >= 0.3 is 0 Å². The Labute approximate surface area is 212 Å². The van der Waals surface area contributed by atoms with Gasteiger partial charge in [0.15, 0.2) is 0 Å². The maximum Gasteiger partial charge on any atom is 0.230 e. The molecule has 2 bridgehead atoms. The summed E-state index contributed by atoms with van der Waals surface area (Å²) in [4.78, 5) is 22.6. The quantitative estimate of drug-likeness (QED) is 0.633. The first kappa shape index (κ1) is 23.7. The van der Waals surface area contributed by atoms with E-state index >= 15 is 0 Å². The molecule has 4 fully saturated rings. The van der Waals surface area contributed by atoms with Gasteiger partial charge in [-0.25, -0.2) is 9.37 Å². The number of amides is 1. The summed E-state index contributed by atoms with van der Waals surface area (Å²) in [5, 5.41) is 3.38. The molecule has 3 saturated heterocycles. The average molecular weight is 495 g/mol. The lowest BCUT2D eigenvalue weighted by molar-refractivity contribution is -0.124. The smallest absolute Gasteiger partial charge is 0.230 e. The van der Waals surface area contributed by atoms with Crippen molar-refractivity contribution in [2.75, 3.05) is 28.3 Å². The molecule has 7 rings (SSSR count). The molecule has 7 nitrogen and oxygen atoms in total. The molecule has 5 aliphatic rings. The summed E-state index contributed by atoms with van der Waals surface area (Å²) in [6.07, 6.45) is 7.50. The van der Waals surface area contributed by atoms with Crippen LogP contribution >= 0.6 is 0 Å². The topological polar surface area (TPSA) is 66.9 Å². The molecule has 192 valence electrons. The lowest BCUT2D eigenvalue weighted by atomic mass is 9.86. The summed E-state index contributed by atoms with van der Waals surface area (Å²) >= 11 is 0. The highest BCUT2D eigenvalue weighted by molar-refractivity contribution is 6.00. The van der Waals surface area contributed by atoms with Gasteiger partial charge in [0, 0.05) is 23.7 Å². The van der Waals surface area contributed by atoms with Gasteiger partial charge in [-0.3, -0.25) is 4.79 Å². The lowest BCUT2D eigenvalue weighted by Gasteiger charge is -2.46. The van der Waals surface area contributed by atoms with Gasteiger partial charge in [0.2, 0.25) is 5.91 Å². The Bertz CT molecular complexity index is 1130. The van der Waals surface area contributed by atoms with Gasteiger partial charge in [-0.05, 0) is 76.6 Å². The van der Waals surface area contributed by atoms with E-state index in [2.05, 4.69) is 41.2 Å². The normalized spacial score (nSPS) is 27.3. The zero-order valence-electron chi connectivity index (χ0n) is 21.1. The van der Waals surface area contributed by atoms with E-state index in [1.165, 1.54) is 12.3 Å². The Kier molecular flexibility index (Phi) is 6.33. The maximum absolute atomic E-state index is 14.2. The molecule has 36 heavy (non-hydrogen) atoms. The molecule has 8 heteroatoms. The standard InChI is InChI=1S/C28H35FN4O3/c1-17(2)36-23-7-3-18(4-8-23)28(34)33-14-19-11-20(29)13-30-27(19)31-25-10-6-21(12-26(25)33)32-15-24-9-5-22(32)16-35-24/h6,10-13,17-18,22-24H,3-5,7-9,14-16H2,1-2H3,(H,30,31)/t18-,22?,23-,24?. The highest BCUT2D eigenvalue weighted by Gasteiger charge is 2.37. The molecule has 2 aromatic rings. The minimum Gasteiger partial charge on any atom is -0.376 e. The SMILES string of the molecule is CC(C)O[C@H]1CC[C@H](C(=O)N2Cc3cc(F)cnc3Nc3ccc(N4CC5CCC4CO5)cc32)CC1. The molecule has 5 heterocycles. The third kappa shape index (κ3) is 4.57. The van der Waals surface area contributed by atoms with Crippen molar-refractivity contribution in [1.29, 1.82) is 0 Å². The molecule has 1 N–H and O–H groups in total. The van der Waals surface area contributed by atoms with Crippen LogP contribution in [0.1, 0.15) is 57.9 Å². The largest absolute Gasteiger partial charge is 0.376 e. The number of halogens is 1. The number of nitrogens with zero attached hydrogens (tertiary/aromatic N) is 3. The van der Waals surface area contributed by atoms with Crippen LogP contribution in [0.3, 0.4) is 0 Å². The van der Waals surface area contributed by atoms with Crippen LogP contribution in [0.15, 0.2) is 30.5 Å². The summed E-state index contributed by atoms with van der Waals surface area (Å²) in [6.45, 7) is 6.03. The Morgan fingerprint density at radius 2 is 2.00 bits per heavy atom. The van der Waals surface area contributed by atoms with E-state index in [0.29, 0.717) is 24.0 Å². The third-order valence-electron chi connectivity index (χ3n) is 8.06. The van der Waals surface area contributed by atoms with Crippen molar-refractivity contribution in [1.82, 2.24) is 4.98 Å². The number of nitrogens with one attached hydrogen (secondary N) is 1. The van der Waals surface area contributed by atoms with Crippen LogP contribution < -0.4 is 15.1 Å². The van der Waals surface area contributed by atoms with Crippen molar-refractivity contribution in [3.8, 4) is 0 Å². The number of hydrogen-bond acceptors (Lipinski definition) is 6. The zero-order valence-corrected chi connectivity index (χ0v) is 21.1. The first-order chi connectivity index (χ1) is 17.4. The number of rotatable bonds is 4. The molecule has 4 aliphatic heterocycles. The number of hydrogen-bond donors (Lipinski definition) is 1. The third-order valence-corrected chi connectivity index (χ3v) is 8.06. The van der Waals surface area contributed by atoms with Crippen molar-refractivity contribution in [2.45, 2.75) is 83.3 Å². The van der Waals surface area contributed by atoms with E-state index in [4.69, 9.17) is 9.47 Å². The number of aromatic nitrogens is 1. The average Bonchev–Trinajstić information content (AvgIpc) is 3.05. The number of carbonyl (C=O) groups excluding carboxylic acids is 1. The van der Waals surface area contributed by atoms with Crippen LogP contribution in [0.4, 0.5) is 27.3 Å². The molecule has 0 spiro atoms. The highest BCUT2D eigenvalue weighted by Crippen LogP contribution is 2.41. The fraction of sp³-hybridized carbons (Fsp3) is 0.571. The number of ether oxygens (including phenoxy) is 2. The predicted octanol–water partition coefficient (Wildman–Crippen LogP) is 5.16. The molecular formula is C28H35FN4O3.